The highest BCUT2D eigenvalue weighted by Gasteiger charge is 2.59. The number of ether oxygens (including phenoxy) is 2. The predicted octanol–water partition coefficient (Wildman–Crippen LogP) is 6.24. The van der Waals surface area contributed by atoms with E-state index in [0.29, 0.717) is 22.4 Å². The van der Waals surface area contributed by atoms with Crippen LogP contribution in [-0.2, 0) is 21.4 Å². The topological polar surface area (TPSA) is 42.0 Å². The molecule has 2 aromatic rings. The zero-order chi connectivity index (χ0) is 26.8. The fourth-order valence-electron chi connectivity index (χ4n) is 6.63. The molecule has 1 saturated carbocycles. The Hall–Kier alpha value is -1.79. The molecule has 0 aromatic heterocycles. The molecule has 7 heteroatoms. The van der Waals surface area contributed by atoms with Crippen LogP contribution < -0.4 is 4.74 Å². The van der Waals surface area contributed by atoms with Crippen molar-refractivity contribution in [3.63, 3.8) is 0 Å². The average molecular weight is 548 g/mol. The van der Waals surface area contributed by atoms with Crippen molar-refractivity contribution in [3.05, 3.63) is 63.6 Å². The van der Waals surface area contributed by atoms with E-state index in [1.165, 1.54) is 5.56 Å². The smallest absolute Gasteiger partial charge is 0.227 e. The summed E-state index contributed by atoms with van der Waals surface area (Å²) in [5.74, 6) is 1.35. The molecular weight excluding hydrogens is 507 g/mol. The van der Waals surface area contributed by atoms with Crippen LogP contribution in [0.2, 0.25) is 10.0 Å². The molecule has 4 rings (SSSR count). The standard InChI is InChI=1S/C30H40Cl2N2O3/c1-21(2)19-34(28(35)16-22-9-10-26(31)27(32)15-22)24-11-12-30(37-5)20-33(3)14-13-29(30,18-24)23-7-6-8-25(17-23)36-4/h6-10,15,17,21,24H,11-14,16,18-20H2,1-5H3. The molecule has 5 nitrogen and oxygen atoms in total. The number of rotatable bonds is 8. The van der Waals surface area contributed by atoms with Gasteiger partial charge in [0.15, 0.2) is 0 Å². The van der Waals surface area contributed by atoms with Gasteiger partial charge in [-0.3, -0.25) is 4.79 Å². The number of likely N-dealkylation sites (N-methyl/N-ethyl adjacent to an activating group) is 1. The second kappa shape index (κ2) is 11.5. The summed E-state index contributed by atoms with van der Waals surface area (Å²) in [6, 6.07) is 14.0. The number of halogens is 2. The van der Waals surface area contributed by atoms with Crippen molar-refractivity contribution < 1.29 is 14.3 Å². The number of piperidine rings is 1. The lowest BCUT2D eigenvalue weighted by atomic mass is 9.55. The fraction of sp³-hybridized carbons (Fsp3) is 0.567. The summed E-state index contributed by atoms with van der Waals surface area (Å²) in [7, 11) is 5.74. The molecule has 3 atom stereocenters. The number of nitrogens with zero attached hydrogens (tertiary/aromatic N) is 2. The molecule has 1 saturated heterocycles. The lowest BCUT2D eigenvalue weighted by Gasteiger charge is -2.60. The Balaban J connectivity index is 1.70. The van der Waals surface area contributed by atoms with E-state index in [9.17, 15) is 4.79 Å². The van der Waals surface area contributed by atoms with Gasteiger partial charge in [-0.1, -0.05) is 55.2 Å². The maximum Gasteiger partial charge on any atom is 0.227 e. The second-order valence-electron chi connectivity index (χ2n) is 11.3. The molecular formula is C30H40Cl2N2O3. The van der Waals surface area contributed by atoms with Crippen LogP contribution in [0.25, 0.3) is 0 Å². The quantitative estimate of drug-likeness (QED) is 0.393. The first-order valence-electron chi connectivity index (χ1n) is 13.2. The van der Waals surface area contributed by atoms with Crippen LogP contribution in [0.3, 0.4) is 0 Å². The van der Waals surface area contributed by atoms with Gasteiger partial charge in [-0.05, 0) is 80.6 Å². The van der Waals surface area contributed by atoms with Crippen molar-refractivity contribution in [2.45, 2.75) is 63.0 Å². The van der Waals surface area contributed by atoms with Crippen LogP contribution >= 0.6 is 23.2 Å². The highest BCUT2D eigenvalue weighted by molar-refractivity contribution is 6.42. The van der Waals surface area contributed by atoms with E-state index in [-0.39, 0.29) is 23.0 Å². The molecule has 202 valence electrons. The van der Waals surface area contributed by atoms with Crippen LogP contribution in [0, 0.1) is 5.92 Å². The first kappa shape index (κ1) is 28.2. The van der Waals surface area contributed by atoms with Crippen molar-refractivity contribution in [1.82, 2.24) is 9.80 Å². The Labute approximate surface area is 232 Å². The van der Waals surface area contributed by atoms with Gasteiger partial charge in [-0.2, -0.15) is 0 Å². The first-order chi connectivity index (χ1) is 17.6. The van der Waals surface area contributed by atoms with E-state index < -0.39 is 0 Å². The lowest BCUT2D eigenvalue weighted by molar-refractivity contribution is -0.159. The number of likely N-dealkylation sites (tertiary alicyclic amines) is 1. The van der Waals surface area contributed by atoms with Gasteiger partial charge >= 0.3 is 0 Å². The zero-order valence-electron chi connectivity index (χ0n) is 22.7. The van der Waals surface area contributed by atoms with Crippen LogP contribution in [-0.4, -0.2) is 68.3 Å². The SMILES string of the molecule is COc1cccc(C23CCN(C)CC2(OC)CCC(N(CC(C)C)C(=O)Cc2ccc(Cl)c(Cl)c2)C3)c1. The number of carbonyl (C=O) groups is 1. The average Bonchev–Trinajstić information content (AvgIpc) is 2.89. The Morgan fingerprint density at radius 3 is 2.59 bits per heavy atom. The molecule has 0 radical (unpaired) electrons. The van der Waals surface area contributed by atoms with Crippen LogP contribution in [0.5, 0.6) is 5.75 Å². The third-order valence-corrected chi connectivity index (χ3v) is 9.20. The first-order valence-corrected chi connectivity index (χ1v) is 14.0. The monoisotopic (exact) mass is 546 g/mol. The summed E-state index contributed by atoms with van der Waals surface area (Å²) in [4.78, 5) is 18.3. The summed E-state index contributed by atoms with van der Waals surface area (Å²) >= 11 is 12.4. The minimum absolute atomic E-state index is 0.121. The van der Waals surface area contributed by atoms with E-state index in [1.54, 1.807) is 19.2 Å². The van der Waals surface area contributed by atoms with Crippen LogP contribution in [0.1, 0.15) is 50.7 Å². The van der Waals surface area contributed by atoms with Gasteiger partial charge in [-0.25, -0.2) is 0 Å². The number of hydrogen-bond donors (Lipinski definition) is 0. The van der Waals surface area contributed by atoms with Crippen molar-refractivity contribution in [1.29, 1.82) is 0 Å². The number of methoxy groups -OCH3 is 2. The van der Waals surface area contributed by atoms with E-state index in [4.69, 9.17) is 32.7 Å². The van der Waals surface area contributed by atoms with E-state index in [0.717, 1.165) is 56.6 Å². The fourth-order valence-corrected chi connectivity index (χ4v) is 6.95. The van der Waals surface area contributed by atoms with Gasteiger partial charge in [0.25, 0.3) is 0 Å². The maximum atomic E-state index is 13.8. The Bertz CT molecular complexity index is 1110. The summed E-state index contributed by atoms with van der Waals surface area (Å²) in [5, 5.41) is 0.982. The second-order valence-corrected chi connectivity index (χ2v) is 12.1. The number of fused-ring (bicyclic) bond motifs is 1. The third-order valence-electron chi connectivity index (χ3n) is 8.46. The number of hydrogen-bond acceptors (Lipinski definition) is 4. The Morgan fingerprint density at radius 2 is 1.92 bits per heavy atom. The number of carbonyl (C=O) groups excluding carboxylic acids is 1. The Kier molecular flexibility index (Phi) is 8.79. The van der Waals surface area contributed by atoms with Crippen LogP contribution in [0.15, 0.2) is 42.5 Å². The lowest BCUT2D eigenvalue weighted by Crippen LogP contribution is -2.67. The number of benzene rings is 2. The molecule has 37 heavy (non-hydrogen) atoms. The zero-order valence-corrected chi connectivity index (χ0v) is 24.2. The van der Waals surface area contributed by atoms with Crippen molar-refractivity contribution in [2.75, 3.05) is 40.9 Å². The van der Waals surface area contributed by atoms with E-state index >= 15 is 0 Å². The molecule has 1 aliphatic carbocycles. The van der Waals surface area contributed by atoms with Gasteiger partial charge in [0, 0.05) is 31.7 Å². The summed E-state index contributed by atoms with van der Waals surface area (Å²) < 4.78 is 12.1. The normalized spacial score (nSPS) is 26.1. The third kappa shape index (κ3) is 5.66. The van der Waals surface area contributed by atoms with Gasteiger partial charge in [0.05, 0.1) is 29.2 Å². The maximum absolute atomic E-state index is 13.8. The predicted molar refractivity (Wildman–Crippen MR) is 151 cm³/mol. The van der Waals surface area contributed by atoms with Gasteiger partial charge < -0.3 is 19.3 Å². The van der Waals surface area contributed by atoms with Crippen molar-refractivity contribution in [2.24, 2.45) is 5.92 Å². The highest BCUT2D eigenvalue weighted by atomic mass is 35.5. The van der Waals surface area contributed by atoms with Gasteiger partial charge in [-0.15, -0.1) is 0 Å². The summed E-state index contributed by atoms with van der Waals surface area (Å²) in [5.41, 5.74) is 1.59. The molecule has 1 heterocycles. The minimum Gasteiger partial charge on any atom is -0.497 e. The van der Waals surface area contributed by atoms with Gasteiger partial charge in [0.2, 0.25) is 5.91 Å². The molecule has 3 unspecified atom stereocenters. The van der Waals surface area contributed by atoms with Crippen molar-refractivity contribution in [3.8, 4) is 5.75 Å². The highest BCUT2D eigenvalue weighted by Crippen LogP contribution is 2.54. The molecule has 2 fully saturated rings. The molecule has 0 spiro atoms. The molecule has 2 aliphatic rings. The molecule has 1 aliphatic heterocycles. The number of amides is 1. The van der Waals surface area contributed by atoms with Gasteiger partial charge in [0.1, 0.15) is 5.75 Å². The largest absolute Gasteiger partial charge is 0.497 e. The molecule has 2 aromatic carbocycles. The molecule has 0 N–H and O–H groups in total. The molecule has 1 amide bonds. The molecule has 0 bridgehead atoms. The van der Waals surface area contributed by atoms with Crippen molar-refractivity contribution >= 4 is 29.1 Å². The van der Waals surface area contributed by atoms with Crippen LogP contribution in [0.4, 0.5) is 0 Å². The van der Waals surface area contributed by atoms with E-state index in [1.807, 2.05) is 19.2 Å². The Morgan fingerprint density at radius 1 is 1.14 bits per heavy atom. The summed E-state index contributed by atoms with van der Waals surface area (Å²) in [6.45, 7) is 6.92. The van der Waals surface area contributed by atoms with E-state index in [2.05, 4.69) is 48.9 Å². The summed E-state index contributed by atoms with van der Waals surface area (Å²) in [6.07, 6.45) is 3.95. The minimum atomic E-state index is -0.320.